The predicted octanol–water partition coefficient (Wildman–Crippen LogP) is 18.0. The number of halogens is 1. The average Bonchev–Trinajstić information content (AvgIpc) is 0.990. The van der Waals surface area contributed by atoms with E-state index in [9.17, 15) is 53.5 Å². The number of hydrogen-bond donors (Lipinski definition) is 6. The van der Waals surface area contributed by atoms with Crippen molar-refractivity contribution in [2.75, 3.05) is 122 Å². The number of fused-ring (bicyclic) bond motifs is 16. The number of phenols is 2. The topological polar surface area (TPSA) is 380 Å². The number of piperidine rings is 5. The zero-order valence-corrected chi connectivity index (χ0v) is 89.6. The summed E-state index contributed by atoms with van der Waals surface area (Å²) >= 11 is 0. The number of aromatic hydroxyl groups is 2. The minimum atomic E-state index is -0.931. The Morgan fingerprint density at radius 2 is 0.758 bits per heavy atom. The molecule has 0 radical (unpaired) electrons. The molecule has 23 rings (SSSR count). The number of nitrogen functional groups attached to an aromatic ring is 1. The van der Waals surface area contributed by atoms with Crippen LogP contribution < -0.4 is 74.8 Å². The third-order valence-electron chi connectivity index (χ3n) is 31.6. The minimum Gasteiger partial charge on any atom is -0.870 e. The first-order chi connectivity index (χ1) is 70.5. The molecule has 14 aliphatic rings. The number of nitro groups is 1. The monoisotopic (exact) mass is 2060 g/mol. The Hall–Kier alpha value is -12.0. The van der Waals surface area contributed by atoms with Gasteiger partial charge in [-0.3, -0.25) is 24.6 Å². The Labute approximate surface area is 897 Å². The summed E-state index contributed by atoms with van der Waals surface area (Å²) in [4.78, 5) is 101. The second-order valence-electron chi connectivity index (χ2n) is 40.0. The summed E-state index contributed by atoms with van der Waals surface area (Å²) in [5.74, 6) is 2.20. The Bertz CT molecular complexity index is 5980. The number of benzene rings is 9. The molecule has 11 fully saturated rings. The van der Waals surface area contributed by atoms with Crippen LogP contribution in [-0.4, -0.2) is 271 Å². The number of carboxylic acid groups (broad SMARTS) is 1. The van der Waals surface area contributed by atoms with E-state index in [2.05, 4.69) is 145 Å². The quantitative estimate of drug-likeness (QED) is 0.0106. The van der Waals surface area contributed by atoms with Gasteiger partial charge in [0.2, 0.25) is 5.82 Å². The number of phenolic OH excluding ortho intramolecular Hbond substituents is 2. The normalized spacial score (nSPS) is 23.6. The number of amides is 1. The van der Waals surface area contributed by atoms with Gasteiger partial charge in [0.1, 0.15) is 17.3 Å². The van der Waals surface area contributed by atoms with Crippen LogP contribution in [0.1, 0.15) is 228 Å². The average molecular weight is 2060 g/mol. The molecule has 0 saturated carbocycles. The van der Waals surface area contributed by atoms with Crippen molar-refractivity contribution in [1.82, 2.24) is 34.7 Å². The number of nitrogens with two attached hydrogens (primary N) is 1. The zero-order chi connectivity index (χ0) is 104. The molecule has 34 heteroatoms. The molecule has 0 aromatic heterocycles. The molecule has 1 amide bonds. The van der Waals surface area contributed by atoms with Gasteiger partial charge in [0, 0.05) is 135 Å². The van der Waals surface area contributed by atoms with Crippen molar-refractivity contribution in [3.05, 3.63) is 232 Å². The number of anilines is 8. The van der Waals surface area contributed by atoms with Gasteiger partial charge in [-0.1, -0.05) is 69.8 Å². The van der Waals surface area contributed by atoms with E-state index in [0.717, 1.165) is 153 Å². The summed E-state index contributed by atoms with van der Waals surface area (Å²) in [5.41, 5.74) is 14.3. The molecule has 10 unspecified atom stereocenters. The Morgan fingerprint density at radius 1 is 0.436 bits per heavy atom. The maximum Gasteiger partial charge on any atom is 1.00 e. The summed E-state index contributed by atoms with van der Waals surface area (Å²) < 4.78 is 49.8. The van der Waals surface area contributed by atoms with Gasteiger partial charge in [-0.25, -0.2) is 19.2 Å². The van der Waals surface area contributed by atoms with Gasteiger partial charge in [-0.2, -0.15) is 4.39 Å². The fourth-order valence-corrected chi connectivity index (χ4v) is 23.5. The number of esters is 3. The molecule has 11 saturated heterocycles. The van der Waals surface area contributed by atoms with E-state index in [1.807, 2.05) is 91.5 Å². The van der Waals surface area contributed by atoms with E-state index in [1.54, 1.807) is 30.3 Å². The second-order valence-corrected chi connectivity index (χ2v) is 40.0. The number of nitro benzene ring substituents is 1. The maximum atomic E-state index is 12.9. The summed E-state index contributed by atoms with van der Waals surface area (Å²) in [7, 11) is 15.2. The molecule has 32 nitrogen and oxygen atoms in total. The first kappa shape index (κ1) is 116. The van der Waals surface area contributed by atoms with E-state index >= 15 is 0 Å². The number of nitrogens with one attached hydrogen (secondary N) is 2. The molecule has 0 aliphatic carbocycles. The molecular weight excluding hydrogens is 1910 g/mol. The van der Waals surface area contributed by atoms with E-state index in [-0.39, 0.29) is 82.6 Å². The number of methoxy groups -OCH3 is 3. The second kappa shape index (κ2) is 53.6. The summed E-state index contributed by atoms with van der Waals surface area (Å²) in [5, 5.41) is 45.0. The van der Waals surface area contributed by atoms with Crippen LogP contribution in [0.5, 0.6) is 46.0 Å². The fraction of sp³-hybridized carbons (Fsp3) is 0.478. The van der Waals surface area contributed by atoms with Gasteiger partial charge in [0.05, 0.1) is 94.0 Å². The summed E-state index contributed by atoms with van der Waals surface area (Å²) in [6, 6.07) is 63.5. The molecular formula is C115H149FN13NaO19. The summed E-state index contributed by atoms with van der Waals surface area (Å²) in [6.07, 6.45) is 26.0. The van der Waals surface area contributed by atoms with Crippen LogP contribution >= 0.6 is 0 Å². The fourth-order valence-electron chi connectivity index (χ4n) is 23.5. The van der Waals surface area contributed by atoms with Gasteiger partial charge in [-0.05, 0) is 324 Å². The molecule has 14 heterocycles. The molecule has 9 aromatic rings. The van der Waals surface area contributed by atoms with Crippen LogP contribution in [0.25, 0.3) is 0 Å². The predicted molar refractivity (Wildman–Crippen MR) is 573 cm³/mol. The van der Waals surface area contributed by atoms with Gasteiger partial charge < -0.3 is 110 Å². The SMILES string of the molecule is C.C1CCOC1.CCN(CC)C(=O)c1ccc2c(c1)Oc1ccccc1N2C1CC2CCC(C1)N2C.CCNCC.CN1C2CCC1CC(=O)C2.CN1C2CCC1CC(N1c3ccccc3Oc3cc(C(=O)O)ccc31)C2.COC(=O)c1ccc(N)c(O)c1.COC(=O)c1ccc(NC2CC3CCC(C2)N3C)c(O)c1.COC(=O)c1ccc2c(c1)Oc1ccccc1N2C1CC2CCC(C1)N2C.O=[N+]([O-])c1ccccc1F.[Na+].[OH-]. The van der Waals surface area contributed by atoms with Gasteiger partial charge in [-0.15, -0.1) is 0 Å². The number of carbonyl (C=O) groups excluding carboxylic acids is 5. The van der Waals surface area contributed by atoms with Gasteiger partial charge >= 0.3 is 59.1 Å². The largest absolute Gasteiger partial charge is 1.00 e. The number of ketones is 1. The van der Waals surface area contributed by atoms with Crippen molar-refractivity contribution in [2.45, 2.75) is 261 Å². The summed E-state index contributed by atoms with van der Waals surface area (Å²) in [6.45, 7) is 13.8. The molecule has 8 N–H and O–H groups in total. The number of para-hydroxylation sites is 7. The first-order valence-electron chi connectivity index (χ1n) is 51.9. The van der Waals surface area contributed by atoms with Crippen LogP contribution in [0.15, 0.2) is 188 Å². The number of aromatic carboxylic acids is 1. The van der Waals surface area contributed by atoms with Crippen molar-refractivity contribution in [3.63, 3.8) is 0 Å². The molecule has 9 aromatic carbocycles. The van der Waals surface area contributed by atoms with E-state index in [0.29, 0.717) is 132 Å². The maximum absolute atomic E-state index is 12.9. The van der Waals surface area contributed by atoms with Crippen LogP contribution in [0.2, 0.25) is 0 Å². The van der Waals surface area contributed by atoms with Crippen LogP contribution in [0, 0.1) is 15.9 Å². The molecule has 149 heavy (non-hydrogen) atoms. The van der Waals surface area contributed by atoms with Crippen molar-refractivity contribution in [3.8, 4) is 46.0 Å². The molecule has 14 aliphatic heterocycles. The van der Waals surface area contributed by atoms with Crippen LogP contribution in [0.3, 0.4) is 0 Å². The minimum absolute atomic E-state index is 0. The van der Waals surface area contributed by atoms with Crippen molar-refractivity contribution < 1.29 is 122 Å². The Balaban J connectivity index is 0.000000156. The number of carbonyl (C=O) groups is 6. The van der Waals surface area contributed by atoms with Crippen molar-refractivity contribution in [2.24, 2.45) is 0 Å². The number of nitrogens with zero attached hydrogens (tertiary/aromatic N) is 10. The Kier molecular flexibility index (Phi) is 41.6. The Morgan fingerprint density at radius 3 is 1.10 bits per heavy atom. The number of rotatable bonds is 15. The molecule has 796 valence electrons. The number of carboxylic acids is 1. The third kappa shape index (κ3) is 27.3. The standard InChI is InChI=1S/C25H31N3O2.C22H24N2O3.C21H22N2O3.C16H22N2O3.C8H9NO3.C8H13NO.C6H4FNO2.C4H11N.C4H8O.CH4.Na.H2O/c1-4-27(5-2)25(29)17-10-13-22-24(14-17)30-23-9-7-6-8-21(23)28(22)20-15-18-11-12-19(16-20)26(18)3;1-23-15-8-9-16(23)13-17(12-15)24-18-5-3-4-6-20(18)27-21-11-14(22(25)26-2)7-10-19(21)24;1-22-14-7-8-15(22)12-16(11-14)23-17-4-2-3-5-19(17)26-20-10-13(21(24)25)6-9-18(20)23;1-18-12-4-5-13(18)9-11(8-12)17-14-6-3-10(7-15(14)19)16(20)21-2;1-12-8(11)5-2-3-6(9)7(10)4-5;1-9-6-2-3-7(9)5-8(10)4-6;7-5-3-1-2-4-6(5)8(9)10;1-3-5-4-2;1-2-4-5-3-1;;;/h6-10,13-14,18-20H,4-5,11-12,15-16H2,1-3H3;3-7,10-11,15-17H,8-9,12-13H2,1-2H3;2-6,9-10,14-16H,7-8,11-12H2,1H3,(H,24,25);3,6-7,11-13,17,19H,4-5,8-9H2,1-2H3;2-4,10H,9H2,1H3;6-7H,2-5H2,1H3;1-4H;5H,3-4H2,1-2H3;1-4H2;1H4;;1H2/q;;;;;;;;;;+1;/p-1. The van der Waals surface area contributed by atoms with Gasteiger partial charge in [0.25, 0.3) is 5.91 Å². The molecule has 0 spiro atoms. The van der Waals surface area contributed by atoms with E-state index < -0.39 is 34.3 Å². The number of hydrogen-bond acceptors (Lipinski definition) is 29. The first-order valence-corrected chi connectivity index (χ1v) is 51.9. The molecule has 10 atom stereocenters. The number of Topliss-reactive ketones (excluding diaryl/α,β-unsaturated/α-hetero) is 1. The number of ether oxygens (including phenoxy) is 7. The van der Waals surface area contributed by atoms with Gasteiger partial charge in [0.15, 0.2) is 34.5 Å². The third-order valence-corrected chi connectivity index (χ3v) is 31.6. The van der Waals surface area contributed by atoms with Crippen molar-refractivity contribution in [1.29, 1.82) is 0 Å². The molecule has 10 bridgehead atoms. The zero-order valence-electron chi connectivity index (χ0n) is 87.6. The van der Waals surface area contributed by atoms with Crippen LogP contribution in [-0.2, 0) is 23.7 Å². The van der Waals surface area contributed by atoms with E-state index in [4.69, 9.17) is 34.5 Å². The van der Waals surface area contributed by atoms with E-state index in [1.165, 1.54) is 148 Å². The van der Waals surface area contributed by atoms with Crippen LogP contribution in [0.4, 0.5) is 55.6 Å². The van der Waals surface area contributed by atoms with Crippen molar-refractivity contribution >= 4 is 86.8 Å². The smallest absolute Gasteiger partial charge is 0.870 e.